The van der Waals surface area contributed by atoms with Crippen molar-refractivity contribution in [3.05, 3.63) is 39.7 Å². The number of nitro benzene ring substituents is 1. The summed E-state index contributed by atoms with van der Waals surface area (Å²) in [7, 11) is 0. The van der Waals surface area contributed by atoms with Gasteiger partial charge in [-0.2, -0.15) is 0 Å². The maximum Gasteiger partial charge on any atom is 0.317 e. The molecule has 0 saturated carbocycles. The van der Waals surface area contributed by atoms with E-state index in [0.29, 0.717) is 5.56 Å². The maximum absolute atomic E-state index is 13.3. The Morgan fingerprint density at radius 3 is 2.58 bits per heavy atom. The molecule has 0 bridgehead atoms. The van der Waals surface area contributed by atoms with Crippen LogP contribution < -0.4 is 0 Å². The molecule has 1 rings (SSSR count). The fourth-order valence-corrected chi connectivity index (χ4v) is 1.66. The number of aliphatic carboxylic acids is 1. The molecule has 0 spiro atoms. The first-order valence-corrected chi connectivity index (χ1v) is 5.69. The molecule has 1 aromatic rings. The predicted octanol–water partition coefficient (Wildman–Crippen LogP) is 2.03. The Morgan fingerprint density at radius 1 is 1.47 bits per heavy atom. The highest BCUT2D eigenvalue weighted by Gasteiger charge is 2.16. The van der Waals surface area contributed by atoms with Crippen LogP contribution >= 0.6 is 0 Å². The summed E-state index contributed by atoms with van der Waals surface area (Å²) in [6, 6.07) is 3.18. The van der Waals surface area contributed by atoms with Crippen molar-refractivity contribution in [2.45, 2.75) is 26.4 Å². The van der Waals surface area contributed by atoms with E-state index in [9.17, 15) is 19.3 Å². The summed E-state index contributed by atoms with van der Waals surface area (Å²) in [5, 5.41) is 19.4. The second-order valence-electron chi connectivity index (χ2n) is 4.47. The second-order valence-corrected chi connectivity index (χ2v) is 4.47. The van der Waals surface area contributed by atoms with Crippen LogP contribution in [0, 0.1) is 15.9 Å². The quantitative estimate of drug-likeness (QED) is 0.631. The molecule has 0 aromatic heterocycles. The number of hydrogen-bond donors (Lipinski definition) is 1. The van der Waals surface area contributed by atoms with Gasteiger partial charge in [-0.1, -0.05) is 0 Å². The van der Waals surface area contributed by atoms with Crippen molar-refractivity contribution in [3.63, 3.8) is 0 Å². The monoisotopic (exact) mass is 270 g/mol. The third-order valence-electron chi connectivity index (χ3n) is 2.61. The van der Waals surface area contributed by atoms with Gasteiger partial charge in [0.2, 0.25) is 0 Å². The number of hydrogen-bond acceptors (Lipinski definition) is 4. The molecular formula is C12H15FN2O4. The first kappa shape index (κ1) is 15.0. The molecule has 0 amide bonds. The maximum atomic E-state index is 13.3. The molecule has 6 nitrogen and oxygen atoms in total. The van der Waals surface area contributed by atoms with Crippen LogP contribution in [-0.2, 0) is 11.3 Å². The van der Waals surface area contributed by atoms with Crippen molar-refractivity contribution in [2.75, 3.05) is 6.54 Å². The van der Waals surface area contributed by atoms with Gasteiger partial charge in [0, 0.05) is 18.7 Å². The number of benzene rings is 1. The number of halogens is 1. The van der Waals surface area contributed by atoms with Crippen LogP contribution in [0.15, 0.2) is 18.2 Å². The Balaban J connectivity index is 2.95. The molecule has 0 aliphatic carbocycles. The molecule has 0 aliphatic rings. The number of rotatable bonds is 6. The van der Waals surface area contributed by atoms with Crippen molar-refractivity contribution >= 4 is 11.7 Å². The van der Waals surface area contributed by atoms with E-state index >= 15 is 0 Å². The molecule has 1 aromatic carbocycles. The summed E-state index contributed by atoms with van der Waals surface area (Å²) in [5.74, 6) is -1.71. The summed E-state index contributed by atoms with van der Waals surface area (Å²) in [4.78, 5) is 22.3. The van der Waals surface area contributed by atoms with Crippen molar-refractivity contribution < 1.29 is 19.2 Å². The van der Waals surface area contributed by atoms with Crippen LogP contribution in [-0.4, -0.2) is 33.5 Å². The number of carbonyl (C=O) groups is 1. The molecule has 104 valence electrons. The van der Waals surface area contributed by atoms with Crippen LogP contribution in [0.1, 0.15) is 19.4 Å². The van der Waals surface area contributed by atoms with Crippen molar-refractivity contribution in [2.24, 2.45) is 0 Å². The number of carboxylic acids is 1. The SMILES string of the molecule is CC(C)N(CC(=O)O)Cc1cc(F)cc([N+](=O)[O-])c1. The first-order valence-electron chi connectivity index (χ1n) is 5.69. The fourth-order valence-electron chi connectivity index (χ4n) is 1.66. The highest BCUT2D eigenvalue weighted by molar-refractivity contribution is 5.69. The smallest absolute Gasteiger partial charge is 0.317 e. The standard InChI is InChI=1S/C12H15FN2O4/c1-8(2)14(7-12(16)17)6-9-3-10(13)5-11(4-9)15(18)19/h3-5,8H,6-7H2,1-2H3,(H,16,17). The molecule has 7 heteroatoms. The third kappa shape index (κ3) is 4.63. The molecular weight excluding hydrogens is 255 g/mol. The van der Waals surface area contributed by atoms with E-state index in [4.69, 9.17) is 5.11 Å². The topological polar surface area (TPSA) is 83.7 Å². The van der Waals surface area contributed by atoms with Gasteiger partial charge in [0.15, 0.2) is 0 Å². The Morgan fingerprint density at radius 2 is 2.11 bits per heavy atom. The van der Waals surface area contributed by atoms with E-state index in [1.54, 1.807) is 18.7 Å². The van der Waals surface area contributed by atoms with E-state index in [1.165, 1.54) is 12.1 Å². The van der Waals surface area contributed by atoms with Crippen molar-refractivity contribution in [3.8, 4) is 0 Å². The highest BCUT2D eigenvalue weighted by atomic mass is 19.1. The van der Waals surface area contributed by atoms with E-state index in [-0.39, 0.29) is 24.8 Å². The molecule has 0 atom stereocenters. The molecule has 0 fully saturated rings. The molecule has 0 radical (unpaired) electrons. The number of nitrogens with zero attached hydrogens (tertiary/aromatic N) is 2. The molecule has 1 N–H and O–H groups in total. The minimum absolute atomic E-state index is 0.0709. The van der Waals surface area contributed by atoms with Gasteiger partial charge in [0.05, 0.1) is 17.5 Å². The Hall–Kier alpha value is -2.02. The Kier molecular flexibility index (Phi) is 4.94. The lowest BCUT2D eigenvalue weighted by atomic mass is 10.1. The minimum atomic E-state index is -1.00. The average Bonchev–Trinajstić information content (AvgIpc) is 2.26. The van der Waals surface area contributed by atoms with E-state index in [1.807, 2.05) is 0 Å². The zero-order valence-electron chi connectivity index (χ0n) is 10.7. The van der Waals surface area contributed by atoms with Gasteiger partial charge in [-0.15, -0.1) is 0 Å². The van der Waals surface area contributed by atoms with Crippen LogP contribution in [0.3, 0.4) is 0 Å². The first-order chi connectivity index (χ1) is 8.79. The lowest BCUT2D eigenvalue weighted by Gasteiger charge is -2.24. The lowest BCUT2D eigenvalue weighted by molar-refractivity contribution is -0.385. The summed E-state index contributed by atoms with van der Waals surface area (Å²) in [6.07, 6.45) is 0. The largest absolute Gasteiger partial charge is 0.480 e. The second kappa shape index (κ2) is 6.24. The van der Waals surface area contributed by atoms with Gasteiger partial charge in [-0.25, -0.2) is 4.39 Å². The molecule has 0 unspecified atom stereocenters. The average molecular weight is 270 g/mol. The van der Waals surface area contributed by atoms with Crippen molar-refractivity contribution in [1.82, 2.24) is 4.90 Å². The van der Waals surface area contributed by atoms with Crippen molar-refractivity contribution in [1.29, 1.82) is 0 Å². The lowest BCUT2D eigenvalue weighted by Crippen LogP contribution is -2.35. The predicted molar refractivity (Wildman–Crippen MR) is 66.2 cm³/mol. The fraction of sp³-hybridized carbons (Fsp3) is 0.417. The Labute approximate surface area is 109 Å². The summed E-state index contributed by atoms with van der Waals surface area (Å²) in [5.41, 5.74) is 0.0377. The van der Waals surface area contributed by atoms with Gasteiger partial charge < -0.3 is 5.11 Å². The van der Waals surface area contributed by atoms with Gasteiger partial charge in [-0.05, 0) is 25.5 Å². The van der Waals surface area contributed by atoms with E-state index in [2.05, 4.69) is 0 Å². The number of non-ortho nitro benzene ring substituents is 1. The van der Waals surface area contributed by atoms with Gasteiger partial charge in [0.1, 0.15) is 5.82 Å². The van der Waals surface area contributed by atoms with Crippen LogP contribution in [0.2, 0.25) is 0 Å². The molecule has 0 aliphatic heterocycles. The van der Waals surface area contributed by atoms with E-state index < -0.39 is 16.7 Å². The molecule has 19 heavy (non-hydrogen) atoms. The van der Waals surface area contributed by atoms with Crippen LogP contribution in [0.4, 0.5) is 10.1 Å². The summed E-state index contributed by atoms with van der Waals surface area (Å²) >= 11 is 0. The molecule has 0 heterocycles. The van der Waals surface area contributed by atoms with Gasteiger partial charge >= 0.3 is 5.97 Å². The van der Waals surface area contributed by atoms with Crippen LogP contribution in [0.25, 0.3) is 0 Å². The molecule has 0 saturated heterocycles. The normalized spacial score (nSPS) is 11.0. The summed E-state index contributed by atoms with van der Waals surface area (Å²) < 4.78 is 13.3. The Bertz CT molecular complexity index is 491. The van der Waals surface area contributed by atoms with Gasteiger partial charge in [-0.3, -0.25) is 19.8 Å². The van der Waals surface area contributed by atoms with Crippen LogP contribution in [0.5, 0.6) is 0 Å². The summed E-state index contributed by atoms with van der Waals surface area (Å²) in [6.45, 7) is 3.54. The minimum Gasteiger partial charge on any atom is -0.480 e. The van der Waals surface area contributed by atoms with Gasteiger partial charge in [0.25, 0.3) is 5.69 Å². The number of nitro groups is 1. The zero-order valence-corrected chi connectivity index (χ0v) is 10.7. The highest BCUT2D eigenvalue weighted by Crippen LogP contribution is 2.18. The van der Waals surface area contributed by atoms with E-state index in [0.717, 1.165) is 6.07 Å². The zero-order chi connectivity index (χ0) is 14.6. The number of carboxylic acid groups (broad SMARTS) is 1. The third-order valence-corrected chi connectivity index (χ3v) is 2.61.